The first-order chi connectivity index (χ1) is 9.13. The van der Waals surface area contributed by atoms with Crippen LogP contribution >= 0.6 is 11.6 Å². The van der Waals surface area contributed by atoms with Gasteiger partial charge in [-0.25, -0.2) is 4.98 Å². The van der Waals surface area contributed by atoms with E-state index < -0.39 is 0 Å². The Morgan fingerprint density at radius 1 is 1.53 bits per heavy atom. The zero-order chi connectivity index (χ0) is 13.8. The largest absolute Gasteiger partial charge is 0.374 e. The van der Waals surface area contributed by atoms with E-state index in [1.54, 1.807) is 4.57 Å². The van der Waals surface area contributed by atoms with Crippen LogP contribution in [0.1, 0.15) is 19.7 Å². The number of likely N-dealkylation sites (N-methyl/N-ethyl adjacent to an activating group) is 1. The molecule has 0 aromatic carbocycles. The third kappa shape index (κ3) is 3.55. The normalized spacial score (nSPS) is 20.7. The molecule has 0 N–H and O–H groups in total. The fourth-order valence-electron chi connectivity index (χ4n) is 2.37. The van der Waals surface area contributed by atoms with Gasteiger partial charge in [0.1, 0.15) is 11.0 Å². The second-order valence-corrected chi connectivity index (χ2v) is 5.07. The summed E-state index contributed by atoms with van der Waals surface area (Å²) in [6, 6.07) is 1.36. The van der Waals surface area contributed by atoms with E-state index >= 15 is 0 Å². The van der Waals surface area contributed by atoms with Crippen molar-refractivity contribution >= 4 is 11.6 Å². The summed E-state index contributed by atoms with van der Waals surface area (Å²) in [5.41, 5.74) is -0.103. The van der Waals surface area contributed by atoms with Crippen LogP contribution in [0, 0.1) is 0 Å². The molecular weight excluding hydrogens is 266 g/mol. The maximum absolute atomic E-state index is 12.0. The second-order valence-electron chi connectivity index (χ2n) is 4.68. The Kier molecular flexibility index (Phi) is 4.96. The molecule has 19 heavy (non-hydrogen) atoms. The fraction of sp³-hybridized carbons (Fsp3) is 0.692. The molecule has 5 nitrogen and oxygen atoms in total. The number of aromatic nitrogens is 2. The molecule has 0 bridgehead atoms. The predicted molar refractivity (Wildman–Crippen MR) is 74.7 cm³/mol. The molecule has 1 aliphatic heterocycles. The highest BCUT2D eigenvalue weighted by Gasteiger charge is 2.21. The molecule has 6 heteroatoms. The van der Waals surface area contributed by atoms with Crippen molar-refractivity contribution in [2.75, 3.05) is 26.2 Å². The van der Waals surface area contributed by atoms with E-state index in [2.05, 4.69) is 16.8 Å². The third-order valence-electron chi connectivity index (χ3n) is 3.43. The summed E-state index contributed by atoms with van der Waals surface area (Å²) in [5.74, 6) is 0.717. The molecular formula is C13H20ClN3O2. The first-order valence-corrected chi connectivity index (χ1v) is 7.12. The topological polar surface area (TPSA) is 47.4 Å². The smallest absolute Gasteiger partial charge is 0.255 e. The lowest BCUT2D eigenvalue weighted by Gasteiger charge is -2.32. The quantitative estimate of drug-likeness (QED) is 0.780. The summed E-state index contributed by atoms with van der Waals surface area (Å²) in [7, 11) is 0. The van der Waals surface area contributed by atoms with Crippen LogP contribution in [0.4, 0.5) is 0 Å². The number of rotatable bonds is 4. The molecule has 1 fully saturated rings. The SMILES string of the molecule is CCc1nc(Cl)cc(=O)n1CC1CN(CC)CCO1. The summed E-state index contributed by atoms with van der Waals surface area (Å²) in [5, 5.41) is 0.262. The minimum absolute atomic E-state index is 0.0414. The van der Waals surface area contributed by atoms with Gasteiger partial charge in [-0.3, -0.25) is 14.3 Å². The molecule has 106 valence electrons. The van der Waals surface area contributed by atoms with E-state index in [0.717, 1.165) is 32.1 Å². The minimum atomic E-state index is -0.103. The van der Waals surface area contributed by atoms with Gasteiger partial charge >= 0.3 is 0 Å². The highest BCUT2D eigenvalue weighted by molar-refractivity contribution is 6.29. The van der Waals surface area contributed by atoms with Gasteiger partial charge in [-0.15, -0.1) is 0 Å². The van der Waals surface area contributed by atoms with E-state index in [1.165, 1.54) is 6.07 Å². The Balaban J connectivity index is 2.16. The van der Waals surface area contributed by atoms with Crippen molar-refractivity contribution in [1.29, 1.82) is 0 Å². The Morgan fingerprint density at radius 3 is 3.00 bits per heavy atom. The highest BCUT2D eigenvalue weighted by Crippen LogP contribution is 2.09. The molecule has 0 aliphatic carbocycles. The summed E-state index contributed by atoms with van der Waals surface area (Å²) in [4.78, 5) is 18.6. The zero-order valence-electron chi connectivity index (χ0n) is 11.4. The molecule has 1 atom stereocenters. The van der Waals surface area contributed by atoms with Gasteiger partial charge in [-0.05, 0) is 6.54 Å². The highest BCUT2D eigenvalue weighted by atomic mass is 35.5. The van der Waals surface area contributed by atoms with Crippen LogP contribution in [0.3, 0.4) is 0 Å². The van der Waals surface area contributed by atoms with Gasteiger partial charge < -0.3 is 4.74 Å². The molecule has 1 aliphatic rings. The number of nitrogens with zero attached hydrogens (tertiary/aromatic N) is 3. The number of hydrogen-bond acceptors (Lipinski definition) is 4. The maximum atomic E-state index is 12.0. The summed E-state index contributed by atoms with van der Waals surface area (Å²) < 4.78 is 7.41. The fourth-order valence-corrected chi connectivity index (χ4v) is 2.56. The van der Waals surface area contributed by atoms with Crippen molar-refractivity contribution < 1.29 is 4.74 Å². The van der Waals surface area contributed by atoms with Crippen LogP contribution in [-0.4, -0.2) is 46.8 Å². The van der Waals surface area contributed by atoms with Gasteiger partial charge in [-0.1, -0.05) is 25.4 Å². The second kappa shape index (κ2) is 6.50. The lowest BCUT2D eigenvalue weighted by molar-refractivity contribution is -0.0351. The van der Waals surface area contributed by atoms with E-state index in [-0.39, 0.29) is 16.8 Å². The lowest BCUT2D eigenvalue weighted by Crippen LogP contribution is -2.45. The van der Waals surface area contributed by atoms with Gasteiger partial charge in [0.2, 0.25) is 0 Å². The molecule has 0 amide bonds. The monoisotopic (exact) mass is 285 g/mol. The Bertz CT molecular complexity index is 489. The lowest BCUT2D eigenvalue weighted by atomic mass is 10.2. The number of aryl methyl sites for hydroxylation is 1. The van der Waals surface area contributed by atoms with E-state index in [1.807, 2.05) is 6.92 Å². The minimum Gasteiger partial charge on any atom is -0.374 e. The number of morpholine rings is 1. The van der Waals surface area contributed by atoms with Gasteiger partial charge in [0.05, 0.1) is 19.3 Å². The molecule has 0 spiro atoms. The Hall–Kier alpha value is -0.910. The van der Waals surface area contributed by atoms with E-state index in [4.69, 9.17) is 16.3 Å². The predicted octanol–water partition coefficient (Wildman–Crippen LogP) is 1.18. The van der Waals surface area contributed by atoms with Gasteiger partial charge in [0.25, 0.3) is 5.56 Å². The standard InChI is InChI=1S/C13H20ClN3O2/c1-3-12-15-11(14)7-13(18)17(12)9-10-8-16(4-2)5-6-19-10/h7,10H,3-6,8-9H2,1-2H3. The van der Waals surface area contributed by atoms with Crippen molar-refractivity contribution in [2.24, 2.45) is 0 Å². The Morgan fingerprint density at radius 2 is 2.32 bits per heavy atom. The van der Waals surface area contributed by atoms with Crippen LogP contribution < -0.4 is 5.56 Å². The van der Waals surface area contributed by atoms with Gasteiger partial charge in [0.15, 0.2) is 0 Å². The third-order valence-corrected chi connectivity index (χ3v) is 3.62. The average Bonchev–Trinajstić information content (AvgIpc) is 2.41. The summed E-state index contributed by atoms with van der Waals surface area (Å²) in [6.07, 6.45) is 0.722. The van der Waals surface area contributed by atoms with Crippen molar-refractivity contribution in [2.45, 2.75) is 32.9 Å². The first kappa shape index (κ1) is 14.5. The van der Waals surface area contributed by atoms with Crippen molar-refractivity contribution in [3.05, 3.63) is 27.4 Å². The van der Waals surface area contributed by atoms with Crippen LogP contribution in [0.15, 0.2) is 10.9 Å². The molecule has 1 aromatic heterocycles. The zero-order valence-corrected chi connectivity index (χ0v) is 12.2. The van der Waals surface area contributed by atoms with Crippen LogP contribution in [0.5, 0.6) is 0 Å². The molecule has 2 heterocycles. The molecule has 1 aromatic rings. The van der Waals surface area contributed by atoms with Crippen molar-refractivity contribution in [3.8, 4) is 0 Å². The van der Waals surface area contributed by atoms with E-state index in [9.17, 15) is 4.79 Å². The van der Waals surface area contributed by atoms with Crippen LogP contribution in [0.25, 0.3) is 0 Å². The Labute approximate surface area is 118 Å². The van der Waals surface area contributed by atoms with Crippen molar-refractivity contribution in [3.63, 3.8) is 0 Å². The molecule has 1 saturated heterocycles. The molecule has 0 saturated carbocycles. The number of hydrogen-bond donors (Lipinski definition) is 0. The number of ether oxygens (including phenoxy) is 1. The average molecular weight is 286 g/mol. The summed E-state index contributed by atoms with van der Waals surface area (Å²) >= 11 is 5.83. The van der Waals surface area contributed by atoms with Gasteiger partial charge in [-0.2, -0.15) is 0 Å². The van der Waals surface area contributed by atoms with Gasteiger partial charge in [0, 0.05) is 25.6 Å². The van der Waals surface area contributed by atoms with Crippen LogP contribution in [0.2, 0.25) is 5.15 Å². The van der Waals surface area contributed by atoms with Crippen LogP contribution in [-0.2, 0) is 17.7 Å². The molecule has 1 unspecified atom stereocenters. The van der Waals surface area contributed by atoms with E-state index in [0.29, 0.717) is 13.0 Å². The molecule has 0 radical (unpaired) electrons. The summed E-state index contributed by atoms with van der Waals surface area (Å²) in [6.45, 7) is 8.19. The van der Waals surface area contributed by atoms with Crippen molar-refractivity contribution in [1.82, 2.24) is 14.5 Å². The molecule has 2 rings (SSSR count). The maximum Gasteiger partial charge on any atom is 0.255 e. The first-order valence-electron chi connectivity index (χ1n) is 6.74. The number of halogens is 1.